The number of benzene rings is 2. The number of hydrogen-bond donors (Lipinski definition) is 2. The van der Waals surface area contributed by atoms with Crippen molar-refractivity contribution in [2.24, 2.45) is 0 Å². The van der Waals surface area contributed by atoms with Gasteiger partial charge in [-0.05, 0) is 29.7 Å². The molecule has 2 rings (SSSR count). The van der Waals surface area contributed by atoms with E-state index in [1.54, 1.807) is 12.1 Å². The van der Waals surface area contributed by atoms with Gasteiger partial charge in [0.25, 0.3) is 0 Å². The van der Waals surface area contributed by atoms with Crippen LogP contribution in [-0.2, 0) is 22.1 Å². The predicted octanol–water partition coefficient (Wildman–Crippen LogP) is 3.55. The lowest BCUT2D eigenvalue weighted by Gasteiger charge is -2.16. The normalized spacial score (nSPS) is 12.4. The number of urea groups is 1. The summed E-state index contributed by atoms with van der Waals surface area (Å²) in [6.45, 7) is 2.29. The molecule has 25 heavy (non-hydrogen) atoms. The van der Waals surface area contributed by atoms with Gasteiger partial charge >= 0.3 is 6.03 Å². The SMILES string of the molecule is CC(NC(=O)NCc1ccc(CS(C)(=O)=O)cc1)c1ccccc1Br. The Morgan fingerprint density at radius 2 is 1.68 bits per heavy atom. The number of sulfone groups is 1. The van der Waals surface area contributed by atoms with Gasteiger partial charge in [-0.2, -0.15) is 0 Å². The lowest BCUT2D eigenvalue weighted by Crippen LogP contribution is -2.36. The summed E-state index contributed by atoms with van der Waals surface area (Å²) in [6, 6.07) is 14.5. The van der Waals surface area contributed by atoms with Gasteiger partial charge in [0.2, 0.25) is 0 Å². The fourth-order valence-electron chi connectivity index (χ4n) is 2.39. The fourth-order valence-corrected chi connectivity index (χ4v) is 3.82. The molecule has 0 aliphatic rings. The van der Waals surface area contributed by atoms with E-state index in [0.29, 0.717) is 6.54 Å². The Bertz CT molecular complexity index is 836. The van der Waals surface area contributed by atoms with Crippen molar-refractivity contribution in [2.75, 3.05) is 6.26 Å². The highest BCUT2D eigenvalue weighted by atomic mass is 79.9. The van der Waals surface area contributed by atoms with Gasteiger partial charge in [0.05, 0.1) is 11.8 Å². The number of carbonyl (C=O) groups is 1. The first-order valence-electron chi connectivity index (χ1n) is 7.79. The van der Waals surface area contributed by atoms with Crippen molar-refractivity contribution in [1.82, 2.24) is 10.6 Å². The van der Waals surface area contributed by atoms with Crippen molar-refractivity contribution in [3.63, 3.8) is 0 Å². The molecule has 2 N–H and O–H groups in total. The van der Waals surface area contributed by atoms with Crippen molar-refractivity contribution < 1.29 is 13.2 Å². The lowest BCUT2D eigenvalue weighted by atomic mass is 10.1. The summed E-state index contributed by atoms with van der Waals surface area (Å²) >= 11 is 3.48. The number of nitrogens with one attached hydrogen (secondary N) is 2. The molecular formula is C18H21BrN2O3S. The average Bonchev–Trinajstić information content (AvgIpc) is 2.53. The Morgan fingerprint density at radius 3 is 2.28 bits per heavy atom. The molecule has 5 nitrogen and oxygen atoms in total. The van der Waals surface area contributed by atoms with Crippen molar-refractivity contribution in [2.45, 2.75) is 25.3 Å². The minimum atomic E-state index is -3.04. The van der Waals surface area contributed by atoms with Gasteiger partial charge in [-0.1, -0.05) is 58.4 Å². The van der Waals surface area contributed by atoms with Crippen LogP contribution in [0.3, 0.4) is 0 Å². The van der Waals surface area contributed by atoms with E-state index in [4.69, 9.17) is 0 Å². The van der Waals surface area contributed by atoms with Gasteiger partial charge in [0, 0.05) is 17.3 Å². The first kappa shape index (κ1) is 19.5. The molecule has 0 aliphatic heterocycles. The van der Waals surface area contributed by atoms with Crippen molar-refractivity contribution >= 4 is 31.8 Å². The smallest absolute Gasteiger partial charge is 0.315 e. The molecule has 0 aliphatic carbocycles. The monoisotopic (exact) mass is 424 g/mol. The van der Waals surface area contributed by atoms with E-state index in [1.165, 1.54) is 6.26 Å². The summed E-state index contributed by atoms with van der Waals surface area (Å²) in [5.74, 6) is 0.0185. The Labute approximate surface area is 156 Å². The predicted molar refractivity (Wildman–Crippen MR) is 103 cm³/mol. The van der Waals surface area contributed by atoms with Crippen LogP contribution in [0.25, 0.3) is 0 Å². The highest BCUT2D eigenvalue weighted by Gasteiger charge is 2.11. The molecular weight excluding hydrogens is 404 g/mol. The maximum Gasteiger partial charge on any atom is 0.315 e. The Hall–Kier alpha value is -1.86. The number of rotatable bonds is 6. The molecule has 1 unspecified atom stereocenters. The second-order valence-electron chi connectivity index (χ2n) is 5.96. The van der Waals surface area contributed by atoms with Gasteiger partial charge in [0.15, 0.2) is 9.84 Å². The molecule has 7 heteroatoms. The number of carbonyl (C=O) groups excluding carboxylic acids is 1. The van der Waals surface area contributed by atoms with E-state index in [2.05, 4.69) is 26.6 Å². The summed E-state index contributed by atoms with van der Waals surface area (Å²) in [7, 11) is -3.04. The molecule has 0 saturated heterocycles. The van der Waals surface area contributed by atoms with Crippen LogP contribution < -0.4 is 10.6 Å². The molecule has 2 amide bonds. The molecule has 2 aromatic rings. The third kappa shape index (κ3) is 6.51. The summed E-state index contributed by atoms with van der Waals surface area (Å²) < 4.78 is 23.5. The molecule has 0 heterocycles. The molecule has 0 bridgehead atoms. The first-order valence-corrected chi connectivity index (χ1v) is 10.6. The van der Waals surface area contributed by atoms with E-state index >= 15 is 0 Å². The highest BCUT2D eigenvalue weighted by Crippen LogP contribution is 2.22. The standard InChI is InChI=1S/C18H21BrN2O3S/c1-13(16-5-3-4-6-17(16)19)21-18(22)20-11-14-7-9-15(10-8-14)12-25(2,23)24/h3-10,13H,11-12H2,1-2H3,(H2,20,21,22). The summed E-state index contributed by atoms with van der Waals surface area (Å²) in [5, 5.41) is 5.69. The Morgan fingerprint density at radius 1 is 1.08 bits per heavy atom. The zero-order valence-electron chi connectivity index (χ0n) is 14.1. The van der Waals surface area contributed by atoms with Gasteiger partial charge < -0.3 is 10.6 Å². The number of amides is 2. The zero-order valence-corrected chi connectivity index (χ0v) is 16.5. The lowest BCUT2D eigenvalue weighted by molar-refractivity contribution is 0.237. The maximum atomic E-state index is 12.0. The van der Waals surface area contributed by atoms with E-state index in [9.17, 15) is 13.2 Å². The quantitative estimate of drug-likeness (QED) is 0.743. The Balaban J connectivity index is 1.86. The van der Waals surface area contributed by atoms with Crippen LogP contribution in [-0.4, -0.2) is 20.7 Å². The van der Waals surface area contributed by atoms with Gasteiger partial charge in [-0.15, -0.1) is 0 Å². The summed E-state index contributed by atoms with van der Waals surface area (Å²) in [6.07, 6.45) is 1.21. The highest BCUT2D eigenvalue weighted by molar-refractivity contribution is 9.10. The molecule has 0 fully saturated rings. The van der Waals surface area contributed by atoms with Crippen LogP contribution in [0.1, 0.15) is 29.7 Å². The van der Waals surface area contributed by atoms with Crippen LogP contribution in [0.5, 0.6) is 0 Å². The first-order chi connectivity index (χ1) is 11.7. The third-order valence-corrected chi connectivity index (χ3v) is 5.20. The summed E-state index contributed by atoms with van der Waals surface area (Å²) in [5.41, 5.74) is 2.64. The fraction of sp³-hybridized carbons (Fsp3) is 0.278. The average molecular weight is 425 g/mol. The van der Waals surface area contributed by atoms with Crippen LogP contribution in [0.15, 0.2) is 53.0 Å². The number of hydrogen-bond acceptors (Lipinski definition) is 3. The van der Waals surface area contributed by atoms with Crippen LogP contribution in [0, 0.1) is 0 Å². The molecule has 1 atom stereocenters. The molecule has 134 valence electrons. The van der Waals surface area contributed by atoms with E-state index < -0.39 is 9.84 Å². The van der Waals surface area contributed by atoms with E-state index in [1.807, 2.05) is 43.3 Å². The largest absolute Gasteiger partial charge is 0.334 e. The van der Waals surface area contributed by atoms with Crippen LogP contribution in [0.2, 0.25) is 0 Å². The minimum Gasteiger partial charge on any atom is -0.334 e. The van der Waals surface area contributed by atoms with E-state index in [0.717, 1.165) is 21.2 Å². The second-order valence-corrected chi connectivity index (χ2v) is 8.95. The van der Waals surface area contributed by atoms with Crippen LogP contribution in [0.4, 0.5) is 4.79 Å². The number of halogens is 1. The van der Waals surface area contributed by atoms with Gasteiger partial charge in [-0.3, -0.25) is 0 Å². The third-order valence-electron chi connectivity index (χ3n) is 3.62. The van der Waals surface area contributed by atoms with Gasteiger partial charge in [0.1, 0.15) is 0 Å². The topological polar surface area (TPSA) is 75.3 Å². The molecule has 0 radical (unpaired) electrons. The van der Waals surface area contributed by atoms with E-state index in [-0.39, 0.29) is 17.8 Å². The summed E-state index contributed by atoms with van der Waals surface area (Å²) in [4.78, 5) is 12.0. The second kappa shape index (κ2) is 8.49. The molecule has 0 aromatic heterocycles. The van der Waals surface area contributed by atoms with Crippen molar-refractivity contribution in [3.05, 3.63) is 69.7 Å². The van der Waals surface area contributed by atoms with Gasteiger partial charge in [-0.25, -0.2) is 13.2 Å². The zero-order chi connectivity index (χ0) is 18.4. The minimum absolute atomic E-state index is 0.0185. The maximum absolute atomic E-state index is 12.0. The van der Waals surface area contributed by atoms with Crippen molar-refractivity contribution in [1.29, 1.82) is 0 Å². The van der Waals surface area contributed by atoms with Crippen LogP contribution >= 0.6 is 15.9 Å². The molecule has 0 saturated carbocycles. The molecule has 2 aromatic carbocycles. The van der Waals surface area contributed by atoms with Crippen molar-refractivity contribution in [3.8, 4) is 0 Å². The Kier molecular flexibility index (Phi) is 6.61. The molecule has 0 spiro atoms.